The molecular formula is C28H42O. The monoisotopic (exact) mass is 394 g/mol. The van der Waals surface area contributed by atoms with Crippen molar-refractivity contribution >= 4 is 0 Å². The lowest BCUT2D eigenvalue weighted by Gasteiger charge is -2.45. The van der Waals surface area contributed by atoms with E-state index in [1.807, 2.05) is 0 Å². The second-order valence-corrected chi connectivity index (χ2v) is 10.2. The van der Waals surface area contributed by atoms with Crippen LogP contribution in [0.4, 0.5) is 0 Å². The predicted octanol–water partition coefficient (Wildman–Crippen LogP) is 7.77. The van der Waals surface area contributed by atoms with Crippen molar-refractivity contribution in [1.29, 1.82) is 0 Å². The Kier molecular flexibility index (Phi) is 7.38. The fourth-order valence-electron chi connectivity index (χ4n) is 6.68. The summed E-state index contributed by atoms with van der Waals surface area (Å²) >= 11 is 0. The van der Waals surface area contributed by atoms with Gasteiger partial charge in [0.1, 0.15) is 5.75 Å². The summed E-state index contributed by atoms with van der Waals surface area (Å²) in [6.07, 6.45) is 21.5. The highest BCUT2D eigenvalue weighted by molar-refractivity contribution is 5.37. The second-order valence-electron chi connectivity index (χ2n) is 10.2. The van der Waals surface area contributed by atoms with E-state index in [-0.39, 0.29) is 0 Å². The molecular weight excluding hydrogens is 352 g/mol. The molecule has 0 radical (unpaired) electrons. The Morgan fingerprint density at radius 1 is 0.931 bits per heavy atom. The number of rotatable bonds is 7. The molecule has 0 heterocycles. The largest absolute Gasteiger partial charge is 0.494 e. The first kappa shape index (κ1) is 21.0. The maximum absolute atomic E-state index is 5.86. The molecule has 1 aromatic carbocycles. The van der Waals surface area contributed by atoms with Crippen LogP contribution in [0.1, 0.15) is 89.2 Å². The van der Waals surface area contributed by atoms with Gasteiger partial charge in [0.25, 0.3) is 0 Å². The fraction of sp³-hybridized carbons (Fsp3) is 0.714. The third-order valence-electron chi connectivity index (χ3n) is 8.32. The minimum Gasteiger partial charge on any atom is -0.494 e. The lowest BCUT2D eigenvalue weighted by atomic mass is 9.61. The quantitative estimate of drug-likeness (QED) is 0.429. The van der Waals surface area contributed by atoms with Crippen molar-refractivity contribution in [2.24, 2.45) is 29.6 Å². The molecule has 1 nitrogen and oxygen atoms in total. The minimum atomic E-state index is 0.836. The Balaban J connectivity index is 1.29. The Hall–Kier alpha value is -1.24. The molecule has 0 N–H and O–H groups in total. The third kappa shape index (κ3) is 5.28. The van der Waals surface area contributed by atoms with Crippen LogP contribution in [0, 0.1) is 29.6 Å². The molecule has 29 heavy (non-hydrogen) atoms. The molecule has 3 aliphatic rings. The van der Waals surface area contributed by atoms with Crippen LogP contribution in [-0.2, 0) is 12.8 Å². The van der Waals surface area contributed by atoms with E-state index in [4.69, 9.17) is 4.74 Å². The molecule has 0 aromatic heterocycles. The fourth-order valence-corrected chi connectivity index (χ4v) is 6.68. The van der Waals surface area contributed by atoms with Crippen molar-refractivity contribution in [2.75, 3.05) is 6.61 Å². The summed E-state index contributed by atoms with van der Waals surface area (Å²) in [6.45, 7) is 5.16. The first-order valence-corrected chi connectivity index (χ1v) is 12.6. The molecule has 0 aliphatic heterocycles. The first-order valence-electron chi connectivity index (χ1n) is 12.6. The van der Waals surface area contributed by atoms with Crippen molar-refractivity contribution in [1.82, 2.24) is 0 Å². The van der Waals surface area contributed by atoms with Crippen LogP contribution in [-0.4, -0.2) is 6.61 Å². The van der Waals surface area contributed by atoms with Crippen molar-refractivity contribution in [3.8, 4) is 5.75 Å². The van der Waals surface area contributed by atoms with Crippen molar-refractivity contribution in [3.63, 3.8) is 0 Å². The highest BCUT2D eigenvalue weighted by Gasteiger charge is 2.38. The van der Waals surface area contributed by atoms with Gasteiger partial charge in [-0.2, -0.15) is 0 Å². The topological polar surface area (TPSA) is 9.23 Å². The van der Waals surface area contributed by atoms with E-state index in [1.165, 1.54) is 70.6 Å². The van der Waals surface area contributed by atoms with E-state index in [0.717, 1.165) is 48.4 Å². The van der Waals surface area contributed by atoms with Crippen LogP contribution in [0.3, 0.4) is 0 Å². The van der Waals surface area contributed by atoms with Gasteiger partial charge in [-0.3, -0.25) is 0 Å². The van der Waals surface area contributed by atoms with Gasteiger partial charge >= 0.3 is 0 Å². The van der Waals surface area contributed by atoms with Gasteiger partial charge in [0.05, 0.1) is 6.61 Å². The Morgan fingerprint density at radius 3 is 2.55 bits per heavy atom. The summed E-state index contributed by atoms with van der Waals surface area (Å²) in [5, 5.41) is 0. The molecule has 1 heteroatoms. The molecule has 0 spiro atoms. The zero-order valence-electron chi connectivity index (χ0n) is 18.9. The second kappa shape index (κ2) is 10.2. The number of ether oxygens (including phenoxy) is 1. The first-order chi connectivity index (χ1) is 14.3. The van der Waals surface area contributed by atoms with Crippen molar-refractivity contribution in [2.45, 2.75) is 90.9 Å². The summed E-state index contributed by atoms with van der Waals surface area (Å²) < 4.78 is 5.86. The molecule has 5 atom stereocenters. The van der Waals surface area contributed by atoms with E-state index in [0.29, 0.717) is 0 Å². The molecule has 160 valence electrons. The van der Waals surface area contributed by atoms with E-state index >= 15 is 0 Å². The molecule has 5 unspecified atom stereocenters. The summed E-state index contributed by atoms with van der Waals surface area (Å²) in [4.78, 5) is 0. The van der Waals surface area contributed by atoms with Crippen LogP contribution in [0.5, 0.6) is 5.75 Å². The van der Waals surface area contributed by atoms with Crippen LogP contribution in [0.15, 0.2) is 30.4 Å². The van der Waals surface area contributed by atoms with Gasteiger partial charge in [-0.05, 0) is 130 Å². The van der Waals surface area contributed by atoms with Gasteiger partial charge in [-0.15, -0.1) is 0 Å². The molecule has 2 fully saturated rings. The van der Waals surface area contributed by atoms with E-state index in [9.17, 15) is 0 Å². The molecule has 0 amide bonds. The van der Waals surface area contributed by atoms with Gasteiger partial charge in [-0.1, -0.05) is 31.6 Å². The number of fused-ring (bicyclic) bond motifs is 2. The molecule has 2 saturated carbocycles. The van der Waals surface area contributed by atoms with Gasteiger partial charge in [0, 0.05) is 0 Å². The smallest absolute Gasteiger partial charge is 0.119 e. The highest BCUT2D eigenvalue weighted by Crippen LogP contribution is 2.49. The number of allylic oxidation sites excluding steroid dienone is 2. The summed E-state index contributed by atoms with van der Waals surface area (Å²) in [5.41, 5.74) is 3.17. The lowest BCUT2D eigenvalue weighted by Crippen LogP contribution is -2.35. The maximum atomic E-state index is 5.86. The molecule has 3 aliphatic carbocycles. The maximum Gasteiger partial charge on any atom is 0.119 e. The summed E-state index contributed by atoms with van der Waals surface area (Å²) in [7, 11) is 0. The van der Waals surface area contributed by atoms with Crippen molar-refractivity contribution < 1.29 is 4.74 Å². The third-order valence-corrected chi connectivity index (χ3v) is 8.32. The number of hydrogen-bond acceptors (Lipinski definition) is 1. The standard InChI is InChI=1S/C28H42O/c1-3-5-6-7-21-8-9-23-18-24(11-10-22(23)17-21)25-12-13-27-20-28(29-16-4-2)15-14-26(27)19-25/h3,5,14-15,20-25H,4,6-13,16-19H2,1-2H3. The number of benzene rings is 1. The zero-order valence-corrected chi connectivity index (χ0v) is 18.9. The van der Waals surface area contributed by atoms with Gasteiger partial charge in [0.2, 0.25) is 0 Å². The van der Waals surface area contributed by atoms with Gasteiger partial charge in [0.15, 0.2) is 0 Å². The Bertz CT molecular complexity index is 675. The van der Waals surface area contributed by atoms with Crippen LogP contribution in [0.25, 0.3) is 0 Å². The van der Waals surface area contributed by atoms with E-state index in [2.05, 4.69) is 44.2 Å². The number of aryl methyl sites for hydroxylation is 1. The Labute approximate surface area is 179 Å². The van der Waals surface area contributed by atoms with Gasteiger partial charge < -0.3 is 4.74 Å². The van der Waals surface area contributed by atoms with Gasteiger partial charge in [-0.25, -0.2) is 0 Å². The molecule has 1 aromatic rings. The SMILES string of the molecule is CC=CCCC1CCC2CC(C3CCc4cc(OCCC)ccc4C3)CCC2C1. The minimum absolute atomic E-state index is 0.836. The van der Waals surface area contributed by atoms with Crippen molar-refractivity contribution in [3.05, 3.63) is 41.5 Å². The summed E-state index contributed by atoms with van der Waals surface area (Å²) in [5.74, 6) is 6.09. The van der Waals surface area contributed by atoms with Crippen LogP contribution < -0.4 is 4.74 Å². The normalized spacial score (nSPS) is 32.0. The summed E-state index contributed by atoms with van der Waals surface area (Å²) in [6, 6.07) is 6.91. The average Bonchev–Trinajstić information content (AvgIpc) is 2.77. The van der Waals surface area contributed by atoms with Crippen LogP contribution in [0.2, 0.25) is 0 Å². The average molecular weight is 395 g/mol. The molecule has 0 saturated heterocycles. The number of hydrogen-bond donors (Lipinski definition) is 0. The highest BCUT2D eigenvalue weighted by atomic mass is 16.5. The molecule has 0 bridgehead atoms. The van der Waals surface area contributed by atoms with E-state index < -0.39 is 0 Å². The zero-order chi connectivity index (χ0) is 20.1. The molecule has 4 rings (SSSR count). The Morgan fingerprint density at radius 2 is 1.72 bits per heavy atom. The predicted molar refractivity (Wildman–Crippen MR) is 123 cm³/mol. The lowest BCUT2D eigenvalue weighted by molar-refractivity contribution is 0.0699. The van der Waals surface area contributed by atoms with E-state index in [1.54, 1.807) is 11.1 Å². The van der Waals surface area contributed by atoms with Crippen LogP contribution >= 0.6 is 0 Å².